The van der Waals surface area contributed by atoms with Crippen molar-refractivity contribution in [2.45, 2.75) is 90.4 Å². The van der Waals surface area contributed by atoms with Crippen molar-refractivity contribution < 1.29 is 9.76 Å². The van der Waals surface area contributed by atoms with E-state index in [1.54, 1.807) is 7.48 Å². The minimum atomic E-state index is -0.698. The monoisotopic (exact) mass is 383 g/mol. The van der Waals surface area contributed by atoms with Gasteiger partial charge in [0.05, 0.1) is 5.52 Å². The molecule has 1 aliphatic carbocycles. The van der Waals surface area contributed by atoms with Gasteiger partial charge in [-0.15, -0.1) is 0 Å². The number of aromatic nitrogens is 2. The van der Waals surface area contributed by atoms with Crippen LogP contribution in [0.3, 0.4) is 0 Å². The lowest BCUT2D eigenvalue weighted by atomic mass is 9.81. The lowest BCUT2D eigenvalue weighted by Gasteiger charge is -2.33. The molecular weight excluding hydrogens is 349 g/mol. The van der Waals surface area contributed by atoms with E-state index in [2.05, 4.69) is 29.4 Å². The Morgan fingerprint density at radius 2 is 1.89 bits per heavy atom. The zero-order valence-electron chi connectivity index (χ0n) is 17.9. The van der Waals surface area contributed by atoms with Crippen LogP contribution in [0.1, 0.15) is 72.3 Å². The summed E-state index contributed by atoms with van der Waals surface area (Å²) in [7, 11) is 1.77. The van der Waals surface area contributed by atoms with Gasteiger partial charge < -0.3 is 15.1 Å². The van der Waals surface area contributed by atoms with Gasteiger partial charge in [0.1, 0.15) is 5.60 Å². The number of aryl methyl sites for hydroxylation is 1. The number of hydrogen-bond acceptors (Lipinski definition) is 4. The van der Waals surface area contributed by atoms with Gasteiger partial charge in [-0.05, 0) is 38.7 Å². The molecule has 1 aliphatic rings. The predicted octanol–water partition coefficient (Wildman–Crippen LogP) is 3.48. The molecule has 6 heteroatoms. The number of rotatable bonds is 7. The summed E-state index contributed by atoms with van der Waals surface area (Å²) in [6, 6.07) is 4.69. The van der Waals surface area contributed by atoms with Crippen LogP contribution in [0.15, 0.2) is 18.3 Å². The second kappa shape index (κ2) is 8.38. The molecule has 1 fully saturated rings. The summed E-state index contributed by atoms with van der Waals surface area (Å²) in [5.74, 6) is 0.735. The van der Waals surface area contributed by atoms with Gasteiger partial charge in [0.25, 0.3) is 0 Å². The Hall–Kier alpha value is -1.66. The zero-order valence-corrected chi connectivity index (χ0v) is 17.9. The van der Waals surface area contributed by atoms with Crippen LogP contribution in [0, 0.1) is 0 Å². The number of benzene rings is 1. The van der Waals surface area contributed by atoms with Gasteiger partial charge in [-0.25, -0.2) is 9.97 Å². The topological polar surface area (TPSA) is 69.9 Å². The third-order valence-electron chi connectivity index (χ3n) is 6.10. The first-order valence-electron chi connectivity index (χ1n) is 10.5. The fraction of sp³-hybridized carbons (Fsp3) is 0.636. The first kappa shape index (κ1) is 21.1. The highest BCUT2D eigenvalue weighted by Gasteiger charge is 2.40. The summed E-state index contributed by atoms with van der Waals surface area (Å²) >= 11 is 0. The Kier molecular flexibility index (Phi) is 6.30. The molecule has 0 bridgehead atoms. The molecule has 28 heavy (non-hydrogen) atoms. The Labute approximate surface area is 169 Å². The Morgan fingerprint density at radius 1 is 1.18 bits per heavy atom. The summed E-state index contributed by atoms with van der Waals surface area (Å²) in [4.78, 5) is 9.38. The minimum Gasteiger partial charge on any atom is -0.439 e. The maximum atomic E-state index is 8.27. The van der Waals surface area contributed by atoms with Gasteiger partial charge in [-0.3, -0.25) is 0 Å². The van der Waals surface area contributed by atoms with Crippen molar-refractivity contribution in [3.05, 3.63) is 23.9 Å². The smallest absolute Gasteiger partial charge is 0.331 e. The van der Waals surface area contributed by atoms with Crippen LogP contribution in [-0.2, 0) is 11.1 Å². The third kappa shape index (κ3) is 4.84. The van der Waals surface area contributed by atoms with Gasteiger partial charge in [0, 0.05) is 31.5 Å². The van der Waals surface area contributed by atoms with Crippen LogP contribution >= 0.6 is 0 Å². The molecule has 0 amide bonds. The molecule has 0 aliphatic heterocycles. The number of hydrogen-bond donors (Lipinski definition) is 1. The fourth-order valence-corrected chi connectivity index (χ4v) is 3.44. The predicted molar refractivity (Wildman–Crippen MR) is 118 cm³/mol. The average Bonchev–Trinajstić information content (AvgIpc) is 2.66. The van der Waals surface area contributed by atoms with Crippen molar-refractivity contribution in [1.29, 1.82) is 0 Å². The molecule has 0 atom stereocenters. The van der Waals surface area contributed by atoms with E-state index in [0.29, 0.717) is 6.04 Å². The second-order valence-electron chi connectivity index (χ2n) is 9.02. The highest BCUT2D eigenvalue weighted by Crippen LogP contribution is 2.25. The number of fused-ring (bicyclic) bond motifs is 1. The second-order valence-corrected chi connectivity index (χ2v) is 9.02. The molecule has 2 aromatic rings. The van der Waals surface area contributed by atoms with E-state index in [1.807, 2.05) is 33.9 Å². The van der Waals surface area contributed by atoms with E-state index < -0.39 is 11.2 Å². The van der Waals surface area contributed by atoms with Crippen LogP contribution in [0.4, 0.5) is 5.95 Å². The molecule has 3 N–H and O–H groups in total. The van der Waals surface area contributed by atoms with Crippen LogP contribution in [0.25, 0.3) is 10.9 Å². The maximum Gasteiger partial charge on any atom is 0.331 e. The van der Waals surface area contributed by atoms with E-state index in [1.165, 1.54) is 37.7 Å². The average molecular weight is 383 g/mol. The van der Waals surface area contributed by atoms with Crippen molar-refractivity contribution in [3.63, 3.8) is 0 Å². The van der Waals surface area contributed by atoms with Gasteiger partial charge in [-0.1, -0.05) is 43.8 Å². The first-order chi connectivity index (χ1) is 13.2. The molecule has 5 nitrogen and oxygen atoms in total. The van der Waals surface area contributed by atoms with Crippen LogP contribution in [-0.4, -0.2) is 39.8 Å². The molecule has 1 aromatic heterocycles. The number of anilines is 1. The number of nitrogens with one attached hydrogen (secondary N) is 1. The molecular formula is C22H34BN3O2+. The van der Waals surface area contributed by atoms with Crippen LogP contribution < -0.4 is 10.8 Å². The van der Waals surface area contributed by atoms with Gasteiger partial charge in [0.2, 0.25) is 5.95 Å². The maximum absolute atomic E-state index is 8.27. The SMILES string of the molecule is CCc1cc([B]OC(C)(C)C(C)(C)[OH2+])cc2cnc(NC3CCCCC3)nc12. The lowest BCUT2D eigenvalue weighted by molar-refractivity contribution is -0.0893. The lowest BCUT2D eigenvalue weighted by Crippen LogP contribution is -2.49. The van der Waals surface area contributed by atoms with Gasteiger partial charge in [0.15, 0.2) is 5.60 Å². The van der Waals surface area contributed by atoms with E-state index >= 15 is 0 Å². The van der Waals surface area contributed by atoms with Crippen molar-refractivity contribution in [2.24, 2.45) is 0 Å². The number of nitrogens with zero attached hydrogens (tertiary/aromatic N) is 2. The summed E-state index contributed by atoms with van der Waals surface area (Å²) < 4.78 is 5.99. The highest BCUT2D eigenvalue weighted by molar-refractivity contribution is 6.47. The van der Waals surface area contributed by atoms with E-state index in [9.17, 15) is 0 Å². The molecule has 0 spiro atoms. The largest absolute Gasteiger partial charge is 0.439 e. The zero-order chi connectivity index (χ0) is 20.4. The fourth-order valence-electron chi connectivity index (χ4n) is 3.44. The first-order valence-corrected chi connectivity index (χ1v) is 10.5. The Bertz CT molecular complexity index is 811. The Morgan fingerprint density at radius 3 is 2.54 bits per heavy atom. The molecule has 1 saturated carbocycles. The standard InChI is InChI=1S/C22H33BN3O2/c1-6-15-12-17(23-28-22(4,5)21(2,3)27)13-16-14-24-20(26-19(15)16)25-18-10-8-7-9-11-18/h12-14,18,27H,6-11H2,1-5H3,(H,24,25,26)/p+1. The third-order valence-corrected chi connectivity index (χ3v) is 6.10. The van der Waals surface area contributed by atoms with Crippen LogP contribution in [0.2, 0.25) is 0 Å². The van der Waals surface area contributed by atoms with Gasteiger partial charge >= 0.3 is 7.48 Å². The molecule has 151 valence electrons. The molecule has 0 saturated heterocycles. The van der Waals surface area contributed by atoms with E-state index in [4.69, 9.17) is 14.7 Å². The van der Waals surface area contributed by atoms with Crippen molar-refractivity contribution in [3.8, 4) is 0 Å². The molecule has 3 rings (SSSR count). The van der Waals surface area contributed by atoms with Crippen LogP contribution in [0.5, 0.6) is 0 Å². The summed E-state index contributed by atoms with van der Waals surface area (Å²) in [6.45, 7) is 9.78. The van der Waals surface area contributed by atoms with Gasteiger partial charge in [-0.2, -0.15) is 0 Å². The summed E-state index contributed by atoms with van der Waals surface area (Å²) in [5.41, 5.74) is 1.89. The van der Waals surface area contributed by atoms with E-state index in [-0.39, 0.29) is 0 Å². The molecule has 1 heterocycles. The Balaban J connectivity index is 1.80. The molecule has 1 radical (unpaired) electrons. The van der Waals surface area contributed by atoms with Crippen molar-refractivity contribution in [1.82, 2.24) is 9.97 Å². The summed E-state index contributed by atoms with van der Waals surface area (Å²) in [5, 5.41) is 12.8. The minimum absolute atomic E-state index is 0.493. The quantitative estimate of drug-likeness (QED) is 0.587. The highest BCUT2D eigenvalue weighted by atomic mass is 16.5. The van der Waals surface area contributed by atoms with E-state index in [0.717, 1.165) is 28.7 Å². The van der Waals surface area contributed by atoms with Crippen molar-refractivity contribution >= 4 is 29.8 Å². The normalized spacial score (nSPS) is 16.4. The summed E-state index contributed by atoms with van der Waals surface area (Å²) in [6.07, 6.45) is 9.12. The molecule has 0 unspecified atom stereocenters. The molecule has 1 aromatic carbocycles. The van der Waals surface area contributed by atoms with Crippen molar-refractivity contribution in [2.75, 3.05) is 5.32 Å².